The lowest BCUT2D eigenvalue weighted by Gasteiger charge is -2.36. The van der Waals surface area contributed by atoms with Gasteiger partial charge in [-0.05, 0) is 38.4 Å². The summed E-state index contributed by atoms with van der Waals surface area (Å²) in [5.74, 6) is 0.745. The Morgan fingerprint density at radius 3 is 2.74 bits per heavy atom. The Bertz CT molecular complexity index is 947. The molecule has 0 spiro atoms. The molecular weight excluding hydrogens is 442 g/mol. The number of benzene rings is 1. The van der Waals surface area contributed by atoms with Gasteiger partial charge < -0.3 is 20.4 Å². The highest BCUT2D eigenvalue weighted by Crippen LogP contribution is 2.28. The Hall–Kier alpha value is -2.16. The van der Waals surface area contributed by atoms with E-state index in [9.17, 15) is 9.18 Å². The summed E-state index contributed by atoms with van der Waals surface area (Å²) in [4.78, 5) is 25.4. The van der Waals surface area contributed by atoms with Crippen LogP contribution < -0.4 is 15.5 Å². The van der Waals surface area contributed by atoms with Crippen LogP contribution in [0.2, 0.25) is 10.0 Å². The van der Waals surface area contributed by atoms with Gasteiger partial charge in [0.25, 0.3) is 0 Å². The van der Waals surface area contributed by atoms with Gasteiger partial charge in [-0.15, -0.1) is 0 Å². The zero-order valence-corrected chi connectivity index (χ0v) is 18.8. The molecule has 1 aromatic heterocycles. The van der Waals surface area contributed by atoms with Gasteiger partial charge in [-0.25, -0.2) is 9.37 Å². The van der Waals surface area contributed by atoms with Crippen LogP contribution in [0.4, 0.5) is 16.2 Å². The third kappa shape index (κ3) is 5.02. The summed E-state index contributed by atoms with van der Waals surface area (Å²) in [6, 6.07) is 4.15. The highest BCUT2D eigenvalue weighted by Gasteiger charge is 2.30. The van der Waals surface area contributed by atoms with Crippen LogP contribution in [0.3, 0.4) is 0 Å². The standard InChI is InChI=1S/C21H25Cl2FN6O/c1-13(15-5-4-14(22)11-17(15)24)27-19-16(23)12-26-21(28-19)30-9-7-29(8-10-30)20(31)18-3-2-6-25-18/h4-5,11-13,18,25H,2-3,6-10H2,1H3,(H,26,27,28)/t13-,18-/m1/s1. The number of hydrogen-bond donors (Lipinski definition) is 2. The molecule has 2 N–H and O–H groups in total. The highest BCUT2D eigenvalue weighted by molar-refractivity contribution is 6.32. The van der Waals surface area contributed by atoms with Crippen molar-refractivity contribution in [2.75, 3.05) is 42.9 Å². The van der Waals surface area contributed by atoms with Crippen molar-refractivity contribution in [1.29, 1.82) is 0 Å². The number of amides is 1. The van der Waals surface area contributed by atoms with Crippen molar-refractivity contribution < 1.29 is 9.18 Å². The molecule has 0 bridgehead atoms. The number of aromatic nitrogens is 2. The maximum atomic E-state index is 14.3. The second-order valence-electron chi connectivity index (χ2n) is 7.86. The van der Waals surface area contributed by atoms with E-state index in [1.54, 1.807) is 12.1 Å². The summed E-state index contributed by atoms with van der Waals surface area (Å²) in [6.07, 6.45) is 3.49. The molecule has 2 aliphatic rings. The normalized spacial score (nSPS) is 20.1. The molecule has 2 saturated heterocycles. The number of carbonyl (C=O) groups is 1. The fourth-order valence-electron chi connectivity index (χ4n) is 3.99. The van der Waals surface area contributed by atoms with Crippen molar-refractivity contribution in [2.45, 2.75) is 31.8 Å². The summed E-state index contributed by atoms with van der Waals surface area (Å²) < 4.78 is 14.3. The summed E-state index contributed by atoms with van der Waals surface area (Å²) in [6.45, 7) is 5.26. The quantitative estimate of drug-likeness (QED) is 0.702. The van der Waals surface area contributed by atoms with E-state index in [4.69, 9.17) is 23.2 Å². The first-order valence-corrected chi connectivity index (χ1v) is 11.2. The first-order valence-electron chi connectivity index (χ1n) is 10.4. The van der Waals surface area contributed by atoms with E-state index in [1.807, 2.05) is 16.7 Å². The number of rotatable bonds is 5. The summed E-state index contributed by atoms with van der Waals surface area (Å²) in [7, 11) is 0. The van der Waals surface area contributed by atoms with E-state index >= 15 is 0 Å². The SMILES string of the molecule is C[C@@H](Nc1nc(N2CCN(C(=O)[C@H]3CCCN3)CC2)ncc1Cl)c1ccc(Cl)cc1F. The molecule has 4 rings (SSSR count). The number of carbonyl (C=O) groups excluding carboxylic acids is 1. The second-order valence-corrected chi connectivity index (χ2v) is 8.70. The molecule has 2 aliphatic heterocycles. The maximum absolute atomic E-state index is 14.3. The third-order valence-corrected chi connectivity index (χ3v) is 6.26. The first-order chi connectivity index (χ1) is 14.9. The van der Waals surface area contributed by atoms with Crippen molar-refractivity contribution in [3.05, 3.63) is 45.8 Å². The molecule has 2 aromatic rings. The van der Waals surface area contributed by atoms with Gasteiger partial charge in [0.1, 0.15) is 10.8 Å². The van der Waals surface area contributed by atoms with Gasteiger partial charge in [0.15, 0.2) is 5.82 Å². The molecule has 0 saturated carbocycles. The van der Waals surface area contributed by atoms with E-state index in [1.165, 1.54) is 12.3 Å². The average Bonchev–Trinajstić information content (AvgIpc) is 3.30. The van der Waals surface area contributed by atoms with Crippen molar-refractivity contribution >= 4 is 40.9 Å². The van der Waals surface area contributed by atoms with Gasteiger partial charge in [0.2, 0.25) is 11.9 Å². The molecule has 0 unspecified atom stereocenters. The van der Waals surface area contributed by atoms with Crippen LogP contribution in [-0.4, -0.2) is 59.5 Å². The molecule has 166 valence electrons. The fourth-order valence-corrected chi connectivity index (χ4v) is 4.29. The van der Waals surface area contributed by atoms with Crippen LogP contribution >= 0.6 is 23.2 Å². The van der Waals surface area contributed by atoms with Crippen LogP contribution in [0.15, 0.2) is 24.4 Å². The van der Waals surface area contributed by atoms with E-state index in [-0.39, 0.29) is 18.0 Å². The number of halogens is 3. The molecule has 1 aromatic carbocycles. The molecule has 7 nitrogen and oxygen atoms in total. The van der Waals surface area contributed by atoms with E-state index < -0.39 is 5.82 Å². The van der Waals surface area contributed by atoms with Crippen LogP contribution in [0, 0.1) is 5.82 Å². The van der Waals surface area contributed by atoms with Gasteiger partial charge in [-0.1, -0.05) is 29.3 Å². The molecule has 1 amide bonds. The van der Waals surface area contributed by atoms with Gasteiger partial charge in [0.05, 0.1) is 18.3 Å². The summed E-state index contributed by atoms with van der Waals surface area (Å²) >= 11 is 12.1. The molecule has 0 radical (unpaired) electrons. The Morgan fingerprint density at radius 2 is 2.06 bits per heavy atom. The second kappa shape index (κ2) is 9.54. The van der Waals surface area contributed by atoms with Gasteiger partial charge in [0, 0.05) is 36.8 Å². The Morgan fingerprint density at radius 1 is 1.29 bits per heavy atom. The van der Waals surface area contributed by atoms with Gasteiger partial charge >= 0.3 is 0 Å². The molecule has 10 heteroatoms. The topological polar surface area (TPSA) is 73.4 Å². The van der Waals surface area contributed by atoms with Gasteiger partial charge in [-0.2, -0.15) is 4.98 Å². The van der Waals surface area contributed by atoms with Crippen molar-refractivity contribution in [1.82, 2.24) is 20.2 Å². The average molecular weight is 467 g/mol. The van der Waals surface area contributed by atoms with E-state index in [0.717, 1.165) is 19.4 Å². The summed E-state index contributed by atoms with van der Waals surface area (Å²) in [5.41, 5.74) is 0.466. The Balaban J connectivity index is 1.41. The molecular formula is C21H25Cl2FN6O. The molecule has 31 heavy (non-hydrogen) atoms. The lowest BCUT2D eigenvalue weighted by Crippen LogP contribution is -2.53. The van der Waals surface area contributed by atoms with E-state index in [0.29, 0.717) is 53.6 Å². The van der Waals surface area contributed by atoms with Crippen molar-refractivity contribution in [3.8, 4) is 0 Å². The predicted octanol–water partition coefficient (Wildman–Crippen LogP) is 3.50. The predicted molar refractivity (Wildman–Crippen MR) is 120 cm³/mol. The minimum absolute atomic E-state index is 0.0520. The van der Waals surface area contributed by atoms with Gasteiger partial charge in [-0.3, -0.25) is 4.79 Å². The smallest absolute Gasteiger partial charge is 0.239 e. The zero-order chi connectivity index (χ0) is 22.0. The Kier molecular flexibility index (Phi) is 6.79. The monoisotopic (exact) mass is 466 g/mol. The van der Waals surface area contributed by atoms with Crippen LogP contribution in [0.1, 0.15) is 31.4 Å². The van der Waals surface area contributed by atoms with Crippen molar-refractivity contribution in [3.63, 3.8) is 0 Å². The molecule has 3 heterocycles. The van der Waals surface area contributed by atoms with Crippen molar-refractivity contribution in [2.24, 2.45) is 0 Å². The number of piperazine rings is 1. The molecule has 0 aliphatic carbocycles. The third-order valence-electron chi connectivity index (χ3n) is 5.75. The number of anilines is 2. The minimum Gasteiger partial charge on any atom is -0.362 e. The maximum Gasteiger partial charge on any atom is 0.239 e. The number of nitrogens with one attached hydrogen (secondary N) is 2. The lowest BCUT2D eigenvalue weighted by atomic mass is 10.1. The van der Waals surface area contributed by atoms with Crippen LogP contribution in [0.5, 0.6) is 0 Å². The first kappa shape index (κ1) is 22.0. The highest BCUT2D eigenvalue weighted by atomic mass is 35.5. The number of nitrogens with zero attached hydrogens (tertiary/aromatic N) is 4. The zero-order valence-electron chi connectivity index (χ0n) is 17.2. The van der Waals surface area contributed by atoms with Crippen LogP contribution in [0.25, 0.3) is 0 Å². The largest absolute Gasteiger partial charge is 0.362 e. The fraction of sp³-hybridized carbons (Fsp3) is 0.476. The van der Waals surface area contributed by atoms with Crippen LogP contribution in [-0.2, 0) is 4.79 Å². The Labute approximate surface area is 190 Å². The lowest BCUT2D eigenvalue weighted by molar-refractivity contribution is -0.133. The molecule has 2 fully saturated rings. The summed E-state index contributed by atoms with van der Waals surface area (Å²) in [5, 5.41) is 7.12. The number of hydrogen-bond acceptors (Lipinski definition) is 6. The van der Waals surface area contributed by atoms with E-state index in [2.05, 4.69) is 20.6 Å². The minimum atomic E-state index is -0.393. The molecule has 2 atom stereocenters.